The molecule has 0 saturated heterocycles. The van der Waals surface area contributed by atoms with Crippen molar-refractivity contribution in [2.75, 3.05) is 0 Å². The van der Waals surface area contributed by atoms with E-state index in [0.29, 0.717) is 17.0 Å². The van der Waals surface area contributed by atoms with Gasteiger partial charge >= 0.3 is 12.4 Å². The third kappa shape index (κ3) is 5.47. The standard InChI is InChI=1S/C17H11F3N6O3/c18-17(19,20)29-13-7-5-11(6-8-13)14-22-16(25-23-14)28-9-10-1-3-12(4-2-10)15(27)24-26-21/h1-8H,9H2,(H,22,23,25). The van der Waals surface area contributed by atoms with Gasteiger partial charge in [0, 0.05) is 16.0 Å². The first-order valence-corrected chi connectivity index (χ1v) is 7.94. The summed E-state index contributed by atoms with van der Waals surface area (Å²) in [5.41, 5.74) is 9.69. The Balaban J connectivity index is 1.60. The minimum absolute atomic E-state index is 0.0323. The molecule has 1 amide bonds. The van der Waals surface area contributed by atoms with Crippen LogP contribution in [-0.2, 0) is 6.61 Å². The van der Waals surface area contributed by atoms with E-state index in [4.69, 9.17) is 10.3 Å². The van der Waals surface area contributed by atoms with Gasteiger partial charge in [-0.3, -0.25) is 9.89 Å². The summed E-state index contributed by atoms with van der Waals surface area (Å²) in [6.07, 6.45) is -4.76. The number of aromatic amines is 1. The lowest BCUT2D eigenvalue weighted by molar-refractivity contribution is -0.274. The number of nitrogens with zero attached hydrogens (tertiary/aromatic N) is 5. The normalized spacial score (nSPS) is 10.9. The van der Waals surface area contributed by atoms with Crippen molar-refractivity contribution >= 4 is 5.91 Å². The van der Waals surface area contributed by atoms with Gasteiger partial charge in [-0.25, -0.2) is 0 Å². The third-order valence-corrected chi connectivity index (χ3v) is 3.53. The van der Waals surface area contributed by atoms with Crippen molar-refractivity contribution < 1.29 is 27.4 Å². The molecule has 0 unspecified atom stereocenters. The molecule has 1 aromatic heterocycles. The van der Waals surface area contributed by atoms with Gasteiger partial charge in [-0.05, 0) is 40.5 Å². The van der Waals surface area contributed by atoms with E-state index in [1.54, 1.807) is 12.1 Å². The van der Waals surface area contributed by atoms with Gasteiger partial charge in [-0.2, -0.15) is 4.98 Å². The summed E-state index contributed by atoms with van der Waals surface area (Å²) < 4.78 is 45.8. The lowest BCUT2D eigenvalue weighted by Crippen LogP contribution is -2.16. The molecular formula is C17H11F3N6O3. The number of ether oxygens (including phenoxy) is 2. The highest BCUT2D eigenvalue weighted by Crippen LogP contribution is 2.25. The Morgan fingerprint density at radius 2 is 1.83 bits per heavy atom. The van der Waals surface area contributed by atoms with Crippen LogP contribution < -0.4 is 9.47 Å². The number of nitrogens with one attached hydrogen (secondary N) is 1. The van der Waals surface area contributed by atoms with Crippen LogP contribution in [0.15, 0.2) is 53.6 Å². The number of aromatic nitrogens is 3. The molecule has 0 saturated carbocycles. The number of benzene rings is 2. The van der Waals surface area contributed by atoms with Gasteiger partial charge in [0.2, 0.25) is 5.91 Å². The molecule has 0 aliphatic heterocycles. The molecule has 0 radical (unpaired) electrons. The largest absolute Gasteiger partial charge is 0.573 e. The van der Waals surface area contributed by atoms with E-state index in [9.17, 15) is 18.0 Å². The highest BCUT2D eigenvalue weighted by Gasteiger charge is 2.31. The highest BCUT2D eigenvalue weighted by molar-refractivity contribution is 5.94. The molecule has 0 aliphatic rings. The van der Waals surface area contributed by atoms with Crippen LogP contribution in [0.1, 0.15) is 15.9 Å². The number of amides is 1. The van der Waals surface area contributed by atoms with Gasteiger partial charge in [0.15, 0.2) is 5.82 Å². The van der Waals surface area contributed by atoms with Gasteiger partial charge in [-0.1, -0.05) is 24.3 Å². The molecule has 29 heavy (non-hydrogen) atoms. The Labute approximate surface area is 160 Å². The fraction of sp³-hybridized carbons (Fsp3) is 0.118. The first-order valence-electron chi connectivity index (χ1n) is 7.94. The maximum absolute atomic E-state index is 12.2. The first kappa shape index (κ1) is 19.7. The predicted octanol–water partition coefficient (Wildman–Crippen LogP) is 4.40. The summed E-state index contributed by atoms with van der Waals surface area (Å²) in [6.45, 7) is 0.103. The summed E-state index contributed by atoms with van der Waals surface area (Å²) in [6, 6.07) is 11.4. The van der Waals surface area contributed by atoms with Crippen molar-refractivity contribution in [3.8, 4) is 23.1 Å². The summed E-state index contributed by atoms with van der Waals surface area (Å²) in [5.74, 6) is -0.737. The molecule has 9 nitrogen and oxygen atoms in total. The molecule has 0 aliphatic carbocycles. The molecule has 0 spiro atoms. The average Bonchev–Trinajstić information content (AvgIpc) is 3.15. The van der Waals surface area contributed by atoms with E-state index >= 15 is 0 Å². The van der Waals surface area contributed by atoms with E-state index < -0.39 is 12.3 Å². The Morgan fingerprint density at radius 1 is 1.14 bits per heavy atom. The molecule has 1 heterocycles. The number of carbonyl (C=O) groups excluding carboxylic acids is 1. The molecule has 0 bridgehead atoms. The van der Waals surface area contributed by atoms with Crippen LogP contribution >= 0.6 is 0 Å². The number of alkyl halides is 3. The predicted molar refractivity (Wildman–Crippen MR) is 92.8 cm³/mol. The van der Waals surface area contributed by atoms with Gasteiger partial charge < -0.3 is 9.47 Å². The molecular weight excluding hydrogens is 393 g/mol. The number of halogens is 3. The van der Waals surface area contributed by atoms with Crippen molar-refractivity contribution in [3.63, 3.8) is 0 Å². The second-order valence-corrected chi connectivity index (χ2v) is 5.52. The zero-order chi connectivity index (χ0) is 20.9. The monoisotopic (exact) mass is 404 g/mol. The Morgan fingerprint density at radius 3 is 2.45 bits per heavy atom. The second-order valence-electron chi connectivity index (χ2n) is 5.52. The number of rotatable bonds is 6. The SMILES string of the molecule is [N-]=[N+]=NC(=O)c1ccc(COc2n[nH]c(-c3ccc(OC(F)(F)F)cc3)n2)cc1. The van der Waals surface area contributed by atoms with Crippen molar-refractivity contribution in [2.24, 2.45) is 5.11 Å². The van der Waals surface area contributed by atoms with E-state index in [2.05, 4.69) is 29.9 Å². The number of hydrogen-bond donors (Lipinski definition) is 1. The molecule has 2 aromatic carbocycles. The average molecular weight is 404 g/mol. The van der Waals surface area contributed by atoms with Crippen molar-refractivity contribution in [2.45, 2.75) is 13.0 Å². The molecule has 0 atom stereocenters. The van der Waals surface area contributed by atoms with Crippen molar-refractivity contribution in [1.82, 2.24) is 15.2 Å². The van der Waals surface area contributed by atoms with Gasteiger partial charge in [0.25, 0.3) is 0 Å². The lowest BCUT2D eigenvalue weighted by atomic mass is 10.1. The van der Waals surface area contributed by atoms with Gasteiger partial charge in [0.1, 0.15) is 12.4 Å². The summed E-state index contributed by atoms with van der Waals surface area (Å²) in [7, 11) is 0. The van der Waals surface area contributed by atoms with Crippen molar-refractivity contribution in [1.29, 1.82) is 0 Å². The minimum atomic E-state index is -4.76. The van der Waals surface area contributed by atoms with E-state index in [-0.39, 0.29) is 23.9 Å². The van der Waals surface area contributed by atoms with E-state index in [1.807, 2.05) is 0 Å². The molecule has 0 fully saturated rings. The lowest BCUT2D eigenvalue weighted by Gasteiger charge is -2.08. The van der Waals surface area contributed by atoms with E-state index in [1.165, 1.54) is 24.3 Å². The molecule has 3 rings (SSSR count). The topological polar surface area (TPSA) is 126 Å². The number of hydrogen-bond acceptors (Lipinski definition) is 5. The molecule has 1 N–H and O–H groups in total. The summed E-state index contributed by atoms with van der Waals surface area (Å²) in [5, 5.41) is 9.50. The van der Waals surface area contributed by atoms with Crippen LogP contribution in [0.5, 0.6) is 11.8 Å². The van der Waals surface area contributed by atoms with Crippen LogP contribution in [0.4, 0.5) is 13.2 Å². The summed E-state index contributed by atoms with van der Waals surface area (Å²) in [4.78, 5) is 18.0. The van der Waals surface area contributed by atoms with Crippen LogP contribution in [0.3, 0.4) is 0 Å². The van der Waals surface area contributed by atoms with Crippen molar-refractivity contribution in [3.05, 3.63) is 70.1 Å². The van der Waals surface area contributed by atoms with Gasteiger partial charge in [0.05, 0.1) is 0 Å². The summed E-state index contributed by atoms with van der Waals surface area (Å²) >= 11 is 0. The fourth-order valence-electron chi connectivity index (χ4n) is 2.24. The number of H-pyrrole nitrogens is 1. The molecule has 148 valence electrons. The van der Waals surface area contributed by atoms with Crippen LogP contribution in [0.2, 0.25) is 0 Å². The highest BCUT2D eigenvalue weighted by atomic mass is 19.4. The minimum Gasteiger partial charge on any atom is -0.458 e. The van der Waals surface area contributed by atoms with Crippen LogP contribution in [0, 0.1) is 0 Å². The van der Waals surface area contributed by atoms with Crippen LogP contribution in [-0.4, -0.2) is 27.5 Å². The van der Waals surface area contributed by atoms with Crippen LogP contribution in [0.25, 0.3) is 21.8 Å². The quantitative estimate of drug-likeness (QED) is 0.370. The molecule has 3 aromatic rings. The zero-order valence-electron chi connectivity index (χ0n) is 14.4. The fourth-order valence-corrected chi connectivity index (χ4v) is 2.24. The van der Waals surface area contributed by atoms with E-state index in [0.717, 1.165) is 12.1 Å². The number of carbonyl (C=O) groups is 1. The smallest absolute Gasteiger partial charge is 0.458 e. The maximum Gasteiger partial charge on any atom is 0.573 e. The Bertz CT molecular complexity index is 1040. The third-order valence-electron chi connectivity index (χ3n) is 3.53. The Hall–Kier alpha value is -4.05. The zero-order valence-corrected chi connectivity index (χ0v) is 14.4. The molecule has 12 heteroatoms. The second kappa shape index (κ2) is 8.31. The van der Waals surface area contributed by atoms with Gasteiger partial charge in [-0.15, -0.1) is 18.3 Å². The first-order chi connectivity index (χ1) is 13.8. The number of azide groups is 1. The maximum atomic E-state index is 12.2. The Kier molecular flexibility index (Phi) is 5.65.